The minimum absolute atomic E-state index is 0.186. The standard InChI is InChI=1S/C15H20N4O2/c1-4-21-15(20)14-13(8-16)19(18-17-14)9-12-6-5-10(2)11(3)7-12/h5-7H,4,8-9,16H2,1-3H3. The second-order valence-corrected chi connectivity index (χ2v) is 4.89. The molecule has 1 heterocycles. The molecule has 0 spiro atoms. The van der Waals surface area contributed by atoms with Gasteiger partial charge < -0.3 is 10.5 Å². The van der Waals surface area contributed by atoms with Crippen LogP contribution in [0.5, 0.6) is 0 Å². The highest BCUT2D eigenvalue weighted by atomic mass is 16.5. The van der Waals surface area contributed by atoms with Crippen LogP contribution in [0.3, 0.4) is 0 Å². The molecular weight excluding hydrogens is 268 g/mol. The Morgan fingerprint density at radius 2 is 2.10 bits per heavy atom. The van der Waals surface area contributed by atoms with Gasteiger partial charge in [-0.1, -0.05) is 23.4 Å². The Hall–Kier alpha value is -2.21. The topological polar surface area (TPSA) is 83.0 Å². The first-order chi connectivity index (χ1) is 10.1. The third-order valence-electron chi connectivity index (χ3n) is 3.40. The van der Waals surface area contributed by atoms with Gasteiger partial charge in [0.25, 0.3) is 0 Å². The lowest BCUT2D eigenvalue weighted by atomic mass is 10.1. The van der Waals surface area contributed by atoms with Crippen LogP contribution in [-0.2, 0) is 17.8 Å². The van der Waals surface area contributed by atoms with E-state index in [1.54, 1.807) is 11.6 Å². The van der Waals surface area contributed by atoms with E-state index in [1.807, 2.05) is 6.07 Å². The summed E-state index contributed by atoms with van der Waals surface area (Å²) in [6.07, 6.45) is 0. The molecule has 0 atom stereocenters. The predicted molar refractivity (Wildman–Crippen MR) is 78.9 cm³/mol. The van der Waals surface area contributed by atoms with E-state index in [9.17, 15) is 4.79 Å². The van der Waals surface area contributed by atoms with Crippen LogP contribution in [0.2, 0.25) is 0 Å². The summed E-state index contributed by atoms with van der Waals surface area (Å²) in [4.78, 5) is 11.8. The molecule has 2 aromatic rings. The molecule has 0 radical (unpaired) electrons. The Labute approximate surface area is 123 Å². The van der Waals surface area contributed by atoms with Crippen LogP contribution in [0.15, 0.2) is 18.2 Å². The quantitative estimate of drug-likeness (QED) is 0.845. The molecule has 2 N–H and O–H groups in total. The normalized spacial score (nSPS) is 10.7. The maximum atomic E-state index is 11.8. The number of hydrogen-bond acceptors (Lipinski definition) is 5. The van der Waals surface area contributed by atoms with E-state index in [-0.39, 0.29) is 12.2 Å². The second kappa shape index (κ2) is 6.49. The summed E-state index contributed by atoms with van der Waals surface area (Å²) >= 11 is 0. The van der Waals surface area contributed by atoms with Gasteiger partial charge in [0, 0.05) is 6.54 Å². The number of rotatable bonds is 5. The molecule has 0 fully saturated rings. The van der Waals surface area contributed by atoms with Gasteiger partial charge in [-0.2, -0.15) is 0 Å². The number of carbonyl (C=O) groups is 1. The molecule has 0 aliphatic rings. The summed E-state index contributed by atoms with van der Waals surface area (Å²) in [7, 11) is 0. The molecule has 1 aromatic carbocycles. The van der Waals surface area contributed by atoms with Crippen LogP contribution in [-0.4, -0.2) is 27.6 Å². The highest BCUT2D eigenvalue weighted by Crippen LogP contribution is 2.13. The Morgan fingerprint density at radius 3 is 2.71 bits per heavy atom. The van der Waals surface area contributed by atoms with E-state index in [0.717, 1.165) is 5.56 Å². The van der Waals surface area contributed by atoms with Gasteiger partial charge >= 0.3 is 5.97 Å². The summed E-state index contributed by atoms with van der Waals surface area (Å²) < 4.78 is 6.61. The van der Waals surface area contributed by atoms with E-state index < -0.39 is 5.97 Å². The van der Waals surface area contributed by atoms with Crippen molar-refractivity contribution in [3.8, 4) is 0 Å². The minimum Gasteiger partial charge on any atom is -0.461 e. The van der Waals surface area contributed by atoms with Gasteiger partial charge in [-0.25, -0.2) is 9.48 Å². The maximum Gasteiger partial charge on any atom is 0.360 e. The molecule has 0 bridgehead atoms. The first kappa shape index (κ1) is 15.2. The molecule has 6 nitrogen and oxygen atoms in total. The van der Waals surface area contributed by atoms with Gasteiger partial charge in [-0.05, 0) is 37.5 Å². The van der Waals surface area contributed by atoms with Gasteiger partial charge in [0.15, 0.2) is 5.69 Å². The number of ether oxygens (including phenoxy) is 1. The molecule has 0 amide bonds. The molecule has 0 aliphatic heterocycles. The molecule has 2 rings (SSSR count). The fourth-order valence-electron chi connectivity index (χ4n) is 2.09. The predicted octanol–water partition coefficient (Wildman–Crippen LogP) is 1.58. The summed E-state index contributed by atoms with van der Waals surface area (Å²) in [5.74, 6) is -0.482. The van der Waals surface area contributed by atoms with E-state index in [2.05, 4.69) is 36.3 Å². The highest BCUT2D eigenvalue weighted by molar-refractivity contribution is 5.88. The van der Waals surface area contributed by atoms with Crippen LogP contribution in [0.4, 0.5) is 0 Å². The largest absolute Gasteiger partial charge is 0.461 e. The molecule has 0 saturated heterocycles. The molecule has 0 saturated carbocycles. The number of benzene rings is 1. The van der Waals surface area contributed by atoms with Gasteiger partial charge in [0.1, 0.15) is 0 Å². The van der Waals surface area contributed by atoms with Crippen LogP contribution in [0, 0.1) is 13.8 Å². The molecule has 6 heteroatoms. The van der Waals surface area contributed by atoms with Gasteiger partial charge in [-0.3, -0.25) is 0 Å². The lowest BCUT2D eigenvalue weighted by Crippen LogP contribution is -2.14. The smallest absolute Gasteiger partial charge is 0.360 e. The van der Waals surface area contributed by atoms with Crippen LogP contribution in [0.25, 0.3) is 0 Å². The van der Waals surface area contributed by atoms with Crippen molar-refractivity contribution in [3.05, 3.63) is 46.3 Å². The Morgan fingerprint density at radius 1 is 1.33 bits per heavy atom. The molecule has 112 valence electrons. The number of aryl methyl sites for hydroxylation is 2. The Kier molecular flexibility index (Phi) is 4.70. The van der Waals surface area contributed by atoms with Crippen LogP contribution in [0.1, 0.15) is 39.8 Å². The first-order valence-corrected chi connectivity index (χ1v) is 6.92. The average molecular weight is 288 g/mol. The number of nitrogens with two attached hydrogens (primary N) is 1. The number of aromatic nitrogens is 3. The minimum atomic E-state index is -0.482. The fourth-order valence-corrected chi connectivity index (χ4v) is 2.09. The van der Waals surface area contributed by atoms with Crippen LogP contribution >= 0.6 is 0 Å². The third-order valence-corrected chi connectivity index (χ3v) is 3.40. The maximum absolute atomic E-state index is 11.8. The second-order valence-electron chi connectivity index (χ2n) is 4.89. The van der Waals surface area contributed by atoms with E-state index in [0.29, 0.717) is 18.8 Å². The zero-order chi connectivity index (χ0) is 15.4. The van der Waals surface area contributed by atoms with Gasteiger partial charge in [0.05, 0.1) is 18.8 Å². The lowest BCUT2D eigenvalue weighted by Gasteiger charge is -2.08. The third kappa shape index (κ3) is 3.28. The molecular formula is C15H20N4O2. The van der Waals surface area contributed by atoms with Gasteiger partial charge in [0.2, 0.25) is 0 Å². The molecule has 21 heavy (non-hydrogen) atoms. The first-order valence-electron chi connectivity index (χ1n) is 6.92. The number of carbonyl (C=O) groups excluding carboxylic acids is 1. The lowest BCUT2D eigenvalue weighted by molar-refractivity contribution is 0.0518. The van der Waals surface area contributed by atoms with Crippen molar-refractivity contribution < 1.29 is 9.53 Å². The van der Waals surface area contributed by atoms with Gasteiger partial charge in [-0.15, -0.1) is 5.10 Å². The van der Waals surface area contributed by atoms with Crippen molar-refractivity contribution in [1.82, 2.24) is 15.0 Å². The van der Waals surface area contributed by atoms with Crippen molar-refractivity contribution in [1.29, 1.82) is 0 Å². The monoisotopic (exact) mass is 288 g/mol. The molecule has 0 unspecified atom stereocenters. The van der Waals surface area contributed by atoms with Crippen molar-refractivity contribution in [2.75, 3.05) is 6.61 Å². The SMILES string of the molecule is CCOC(=O)c1nnn(Cc2ccc(C)c(C)c2)c1CN. The highest BCUT2D eigenvalue weighted by Gasteiger charge is 2.19. The molecule has 1 aromatic heterocycles. The number of hydrogen-bond donors (Lipinski definition) is 1. The van der Waals surface area contributed by atoms with Crippen molar-refractivity contribution in [3.63, 3.8) is 0 Å². The number of esters is 1. The number of nitrogens with zero attached hydrogens (tertiary/aromatic N) is 3. The molecule has 0 aliphatic carbocycles. The summed E-state index contributed by atoms with van der Waals surface area (Å²) in [5.41, 5.74) is 10.1. The van der Waals surface area contributed by atoms with E-state index >= 15 is 0 Å². The summed E-state index contributed by atoms with van der Waals surface area (Å²) in [5, 5.41) is 7.92. The summed E-state index contributed by atoms with van der Waals surface area (Å²) in [6, 6.07) is 6.20. The van der Waals surface area contributed by atoms with Crippen LogP contribution < -0.4 is 5.73 Å². The Balaban J connectivity index is 2.28. The van der Waals surface area contributed by atoms with Crippen molar-refractivity contribution in [2.45, 2.75) is 33.9 Å². The average Bonchev–Trinajstić information content (AvgIpc) is 2.86. The fraction of sp³-hybridized carbons (Fsp3) is 0.400. The summed E-state index contributed by atoms with van der Waals surface area (Å²) in [6.45, 7) is 6.89. The van der Waals surface area contributed by atoms with Crippen molar-refractivity contribution in [2.24, 2.45) is 5.73 Å². The van der Waals surface area contributed by atoms with E-state index in [4.69, 9.17) is 10.5 Å². The van der Waals surface area contributed by atoms with Crippen molar-refractivity contribution >= 4 is 5.97 Å². The van der Waals surface area contributed by atoms with E-state index in [1.165, 1.54) is 11.1 Å². The zero-order valence-electron chi connectivity index (χ0n) is 12.6. The zero-order valence-corrected chi connectivity index (χ0v) is 12.6. The Bertz CT molecular complexity index is 649.